The largest absolute Gasteiger partial charge is 0.313 e. The van der Waals surface area contributed by atoms with Crippen molar-refractivity contribution in [2.75, 3.05) is 6.54 Å². The number of rotatable bonds is 4. The van der Waals surface area contributed by atoms with E-state index in [2.05, 4.69) is 5.32 Å². The second-order valence-electron chi connectivity index (χ2n) is 5.16. The Hall–Kier alpha value is -0.960. The van der Waals surface area contributed by atoms with Gasteiger partial charge in [0, 0.05) is 24.1 Å². The Kier molecular flexibility index (Phi) is 2.98. The molecule has 0 radical (unpaired) electrons. The zero-order valence-electron chi connectivity index (χ0n) is 9.69. The molecule has 0 atom stereocenters. The van der Waals surface area contributed by atoms with E-state index in [9.17, 15) is 8.78 Å². The van der Waals surface area contributed by atoms with Crippen molar-refractivity contribution in [1.29, 1.82) is 0 Å². The number of hydrogen-bond acceptors (Lipinski definition) is 1. The van der Waals surface area contributed by atoms with Gasteiger partial charge in [-0.05, 0) is 24.5 Å². The summed E-state index contributed by atoms with van der Waals surface area (Å²) in [7, 11) is 0. The predicted molar refractivity (Wildman–Crippen MR) is 60.4 cm³/mol. The summed E-state index contributed by atoms with van der Waals surface area (Å²) >= 11 is 0. The molecule has 0 unspecified atom stereocenters. The lowest BCUT2D eigenvalue weighted by Gasteiger charge is -2.26. The van der Waals surface area contributed by atoms with E-state index >= 15 is 0 Å². The van der Waals surface area contributed by atoms with Gasteiger partial charge in [0.1, 0.15) is 11.6 Å². The zero-order valence-corrected chi connectivity index (χ0v) is 9.69. The summed E-state index contributed by atoms with van der Waals surface area (Å²) in [6, 6.07) is 4.41. The van der Waals surface area contributed by atoms with Gasteiger partial charge in [-0.1, -0.05) is 19.9 Å². The van der Waals surface area contributed by atoms with Crippen molar-refractivity contribution in [2.24, 2.45) is 0 Å². The molecular formula is C13H17F2N. The molecule has 88 valence electrons. The molecule has 1 aliphatic rings. The van der Waals surface area contributed by atoms with Crippen LogP contribution in [0.3, 0.4) is 0 Å². The Morgan fingerprint density at radius 3 is 2.56 bits per heavy atom. The first-order valence-electron chi connectivity index (χ1n) is 5.68. The van der Waals surface area contributed by atoms with Crippen LogP contribution in [-0.4, -0.2) is 12.6 Å². The molecule has 1 saturated carbocycles. The normalized spacial score (nSPS) is 16.5. The molecule has 1 aromatic carbocycles. The minimum atomic E-state index is -0.521. The second-order valence-corrected chi connectivity index (χ2v) is 5.16. The minimum absolute atomic E-state index is 0.305. The van der Waals surface area contributed by atoms with Gasteiger partial charge in [0.05, 0.1) is 0 Å². The van der Waals surface area contributed by atoms with Crippen LogP contribution in [0, 0.1) is 11.6 Å². The molecule has 1 aromatic rings. The molecule has 1 aliphatic carbocycles. The van der Waals surface area contributed by atoms with E-state index in [0.717, 1.165) is 12.6 Å². The highest BCUT2D eigenvalue weighted by atomic mass is 19.1. The van der Waals surface area contributed by atoms with E-state index in [-0.39, 0.29) is 5.41 Å². The summed E-state index contributed by atoms with van der Waals surface area (Å²) < 4.78 is 26.4. The molecule has 0 heterocycles. The predicted octanol–water partition coefficient (Wildman–Crippen LogP) is 2.99. The Balaban J connectivity index is 2.12. The van der Waals surface area contributed by atoms with Crippen LogP contribution in [-0.2, 0) is 5.41 Å². The van der Waals surface area contributed by atoms with Crippen molar-refractivity contribution in [3.63, 3.8) is 0 Å². The van der Waals surface area contributed by atoms with Gasteiger partial charge in [-0.3, -0.25) is 0 Å². The van der Waals surface area contributed by atoms with Gasteiger partial charge >= 0.3 is 0 Å². The van der Waals surface area contributed by atoms with Crippen molar-refractivity contribution < 1.29 is 8.78 Å². The fraction of sp³-hybridized carbons (Fsp3) is 0.538. The average molecular weight is 225 g/mol. The Morgan fingerprint density at radius 2 is 2.00 bits per heavy atom. The number of halogens is 2. The molecule has 0 aliphatic heterocycles. The standard InChI is InChI=1S/C13H17F2N/c1-13(2,8-16-10-4-5-10)11-6-3-9(14)7-12(11)15/h3,6-7,10,16H,4-5,8H2,1-2H3. The second kappa shape index (κ2) is 4.13. The summed E-state index contributed by atoms with van der Waals surface area (Å²) in [5, 5.41) is 3.38. The lowest BCUT2D eigenvalue weighted by molar-refractivity contribution is 0.440. The van der Waals surface area contributed by atoms with Crippen molar-refractivity contribution in [1.82, 2.24) is 5.32 Å². The number of benzene rings is 1. The highest BCUT2D eigenvalue weighted by Crippen LogP contribution is 2.27. The van der Waals surface area contributed by atoms with Crippen LogP contribution in [0.5, 0.6) is 0 Å². The van der Waals surface area contributed by atoms with Gasteiger partial charge in [0.2, 0.25) is 0 Å². The Bertz CT molecular complexity index is 384. The first-order chi connectivity index (χ1) is 7.49. The number of hydrogen-bond donors (Lipinski definition) is 1. The van der Waals surface area contributed by atoms with Gasteiger partial charge < -0.3 is 5.32 Å². The Morgan fingerprint density at radius 1 is 1.31 bits per heavy atom. The van der Waals surface area contributed by atoms with Gasteiger partial charge in [-0.15, -0.1) is 0 Å². The van der Waals surface area contributed by atoms with Gasteiger partial charge in [-0.25, -0.2) is 8.78 Å². The summed E-state index contributed by atoms with van der Waals surface area (Å²) in [6.07, 6.45) is 2.42. The monoisotopic (exact) mass is 225 g/mol. The summed E-state index contributed by atoms with van der Waals surface area (Å²) in [5.41, 5.74) is 0.266. The zero-order chi connectivity index (χ0) is 11.8. The van der Waals surface area contributed by atoms with Crippen LogP contribution >= 0.6 is 0 Å². The quantitative estimate of drug-likeness (QED) is 0.830. The first-order valence-corrected chi connectivity index (χ1v) is 5.68. The molecule has 3 heteroatoms. The lowest BCUT2D eigenvalue weighted by Crippen LogP contribution is -2.34. The van der Waals surface area contributed by atoms with E-state index in [1.54, 1.807) is 6.07 Å². The van der Waals surface area contributed by atoms with Crippen molar-refractivity contribution in [3.8, 4) is 0 Å². The van der Waals surface area contributed by atoms with Crippen LogP contribution in [0.4, 0.5) is 8.78 Å². The maximum absolute atomic E-state index is 13.6. The van der Waals surface area contributed by atoms with Crippen LogP contribution in [0.15, 0.2) is 18.2 Å². The van der Waals surface area contributed by atoms with E-state index in [4.69, 9.17) is 0 Å². The van der Waals surface area contributed by atoms with Crippen molar-refractivity contribution >= 4 is 0 Å². The van der Waals surface area contributed by atoms with Crippen LogP contribution < -0.4 is 5.32 Å². The third-order valence-electron chi connectivity index (χ3n) is 3.07. The third-order valence-corrected chi connectivity index (χ3v) is 3.07. The van der Waals surface area contributed by atoms with Crippen LogP contribution in [0.25, 0.3) is 0 Å². The molecule has 1 fully saturated rings. The topological polar surface area (TPSA) is 12.0 Å². The average Bonchev–Trinajstić information content (AvgIpc) is 2.97. The molecule has 0 spiro atoms. The number of nitrogens with one attached hydrogen (secondary N) is 1. The molecule has 0 saturated heterocycles. The first kappa shape index (κ1) is 11.5. The Labute approximate surface area is 94.9 Å². The van der Waals surface area contributed by atoms with E-state index in [1.807, 2.05) is 13.8 Å². The highest BCUT2D eigenvalue weighted by Gasteiger charge is 2.28. The van der Waals surface area contributed by atoms with E-state index < -0.39 is 11.6 Å². The van der Waals surface area contributed by atoms with E-state index in [1.165, 1.54) is 18.9 Å². The molecular weight excluding hydrogens is 208 g/mol. The fourth-order valence-corrected chi connectivity index (χ4v) is 1.82. The summed E-state index contributed by atoms with van der Waals surface area (Å²) in [4.78, 5) is 0. The summed E-state index contributed by atoms with van der Waals surface area (Å²) in [6.45, 7) is 4.66. The minimum Gasteiger partial charge on any atom is -0.313 e. The smallest absolute Gasteiger partial charge is 0.129 e. The highest BCUT2D eigenvalue weighted by molar-refractivity contribution is 5.26. The van der Waals surface area contributed by atoms with Crippen LogP contribution in [0.1, 0.15) is 32.3 Å². The molecule has 0 bridgehead atoms. The van der Waals surface area contributed by atoms with Gasteiger partial charge in [-0.2, -0.15) is 0 Å². The molecule has 16 heavy (non-hydrogen) atoms. The SMILES string of the molecule is CC(C)(CNC1CC1)c1ccc(F)cc1F. The lowest BCUT2D eigenvalue weighted by atomic mass is 9.84. The van der Waals surface area contributed by atoms with Gasteiger partial charge in [0.15, 0.2) is 0 Å². The maximum Gasteiger partial charge on any atom is 0.129 e. The molecule has 0 amide bonds. The van der Waals surface area contributed by atoms with Crippen LogP contribution in [0.2, 0.25) is 0 Å². The molecule has 0 aromatic heterocycles. The fourth-order valence-electron chi connectivity index (χ4n) is 1.82. The summed E-state index contributed by atoms with van der Waals surface area (Å²) in [5.74, 6) is -0.977. The molecule has 1 nitrogen and oxygen atoms in total. The molecule has 1 N–H and O–H groups in total. The molecule has 2 rings (SSSR count). The van der Waals surface area contributed by atoms with Crippen molar-refractivity contribution in [3.05, 3.63) is 35.4 Å². The third kappa shape index (κ3) is 2.59. The van der Waals surface area contributed by atoms with Crippen molar-refractivity contribution in [2.45, 2.75) is 38.1 Å². The van der Waals surface area contributed by atoms with Gasteiger partial charge in [0.25, 0.3) is 0 Å². The maximum atomic E-state index is 13.6. The van der Waals surface area contributed by atoms with E-state index in [0.29, 0.717) is 11.6 Å².